The smallest absolute Gasteiger partial charge is 0.222 e. The van der Waals surface area contributed by atoms with Crippen molar-refractivity contribution in [3.8, 4) is 0 Å². The Morgan fingerprint density at radius 3 is 2.80 bits per heavy atom. The largest absolute Gasteiger partial charge is 0.323 e. The molecular formula is C14H10Cl2N4. The molecule has 100 valence electrons. The van der Waals surface area contributed by atoms with Crippen molar-refractivity contribution in [3.05, 3.63) is 58.1 Å². The quantitative estimate of drug-likeness (QED) is 0.559. The number of fused-ring (bicyclic) bond motifs is 1. The van der Waals surface area contributed by atoms with Crippen LogP contribution in [0.25, 0.3) is 11.0 Å². The van der Waals surface area contributed by atoms with Crippen molar-refractivity contribution in [1.82, 2.24) is 9.97 Å². The molecule has 4 nitrogen and oxygen atoms in total. The van der Waals surface area contributed by atoms with E-state index in [2.05, 4.69) is 20.5 Å². The number of nitrogens with zero attached hydrogens (tertiary/aromatic N) is 2. The number of hydrogen-bond donors (Lipinski definition) is 2. The van der Waals surface area contributed by atoms with Gasteiger partial charge in [-0.25, -0.2) is 10.4 Å². The Labute approximate surface area is 125 Å². The first-order chi connectivity index (χ1) is 9.74. The van der Waals surface area contributed by atoms with Crippen LogP contribution in [0, 0.1) is 0 Å². The predicted molar refractivity (Wildman–Crippen MR) is 83.8 cm³/mol. The van der Waals surface area contributed by atoms with E-state index >= 15 is 0 Å². The molecule has 0 spiro atoms. The maximum atomic E-state index is 6.06. The van der Waals surface area contributed by atoms with Gasteiger partial charge in [-0.1, -0.05) is 47.5 Å². The molecule has 0 saturated carbocycles. The van der Waals surface area contributed by atoms with Crippen LogP contribution in [0.4, 0.5) is 5.95 Å². The van der Waals surface area contributed by atoms with E-state index < -0.39 is 0 Å². The van der Waals surface area contributed by atoms with Gasteiger partial charge in [0.2, 0.25) is 5.95 Å². The van der Waals surface area contributed by atoms with Crippen LogP contribution >= 0.6 is 23.2 Å². The van der Waals surface area contributed by atoms with Crippen molar-refractivity contribution in [1.29, 1.82) is 0 Å². The van der Waals surface area contributed by atoms with Crippen LogP contribution in [-0.4, -0.2) is 16.2 Å². The van der Waals surface area contributed by atoms with E-state index in [0.717, 1.165) is 16.6 Å². The molecule has 20 heavy (non-hydrogen) atoms. The number of rotatable bonds is 3. The highest BCUT2D eigenvalue weighted by molar-refractivity contribution is 6.43. The molecule has 0 fully saturated rings. The molecule has 3 aromatic rings. The third kappa shape index (κ3) is 2.61. The molecule has 0 unspecified atom stereocenters. The Hall–Kier alpha value is -2.04. The van der Waals surface area contributed by atoms with Crippen molar-refractivity contribution in [3.63, 3.8) is 0 Å². The number of benzene rings is 2. The van der Waals surface area contributed by atoms with Crippen molar-refractivity contribution in [2.75, 3.05) is 5.43 Å². The first-order valence-corrected chi connectivity index (χ1v) is 6.67. The predicted octanol–water partition coefficient (Wildman–Crippen LogP) is 4.32. The molecule has 0 aliphatic heterocycles. The summed E-state index contributed by atoms with van der Waals surface area (Å²) in [4.78, 5) is 7.46. The summed E-state index contributed by atoms with van der Waals surface area (Å²) >= 11 is 12.0. The minimum Gasteiger partial charge on any atom is -0.323 e. The Morgan fingerprint density at radius 1 is 1.10 bits per heavy atom. The Balaban J connectivity index is 1.78. The molecule has 0 aliphatic carbocycles. The minimum absolute atomic E-state index is 0.476. The van der Waals surface area contributed by atoms with Gasteiger partial charge in [-0.2, -0.15) is 5.10 Å². The first-order valence-electron chi connectivity index (χ1n) is 5.92. The molecule has 0 aliphatic rings. The van der Waals surface area contributed by atoms with E-state index in [-0.39, 0.29) is 0 Å². The zero-order chi connectivity index (χ0) is 13.9. The van der Waals surface area contributed by atoms with Gasteiger partial charge in [0.25, 0.3) is 0 Å². The summed E-state index contributed by atoms with van der Waals surface area (Å²) in [5.74, 6) is 0.570. The second kappa shape index (κ2) is 5.53. The lowest BCUT2D eigenvalue weighted by Gasteiger charge is -1.99. The van der Waals surface area contributed by atoms with Gasteiger partial charge in [0.15, 0.2) is 0 Å². The second-order valence-corrected chi connectivity index (χ2v) is 4.90. The monoisotopic (exact) mass is 304 g/mol. The highest BCUT2D eigenvalue weighted by Gasteiger charge is 2.02. The molecule has 3 rings (SSSR count). The van der Waals surface area contributed by atoms with E-state index in [1.54, 1.807) is 12.3 Å². The Bertz CT molecular complexity index is 747. The van der Waals surface area contributed by atoms with Crippen molar-refractivity contribution >= 4 is 46.4 Å². The summed E-state index contributed by atoms with van der Waals surface area (Å²) in [5.41, 5.74) is 5.40. The highest BCUT2D eigenvalue weighted by atomic mass is 35.5. The third-order valence-electron chi connectivity index (χ3n) is 2.74. The van der Waals surface area contributed by atoms with Crippen molar-refractivity contribution in [2.45, 2.75) is 0 Å². The molecule has 0 atom stereocenters. The van der Waals surface area contributed by atoms with Crippen molar-refractivity contribution in [2.24, 2.45) is 5.10 Å². The van der Waals surface area contributed by atoms with E-state index in [1.807, 2.05) is 36.4 Å². The molecule has 0 amide bonds. The van der Waals surface area contributed by atoms with E-state index in [9.17, 15) is 0 Å². The van der Waals surface area contributed by atoms with Crippen LogP contribution in [0.1, 0.15) is 5.56 Å². The minimum atomic E-state index is 0.476. The standard InChI is InChI=1S/C14H10Cl2N4/c15-10-5-3-4-9(13(10)16)8-17-20-14-18-11-6-1-2-7-12(11)19-14/h1-8H,(H2,18,19,20)/b17-8+. The van der Waals surface area contributed by atoms with Crippen LogP contribution < -0.4 is 5.43 Å². The molecule has 0 bridgehead atoms. The molecule has 6 heteroatoms. The van der Waals surface area contributed by atoms with Gasteiger partial charge < -0.3 is 4.98 Å². The molecule has 2 aromatic carbocycles. The average molecular weight is 305 g/mol. The lowest BCUT2D eigenvalue weighted by molar-refractivity contribution is 1.21. The van der Waals surface area contributed by atoms with Gasteiger partial charge in [0.1, 0.15) is 0 Å². The average Bonchev–Trinajstić information content (AvgIpc) is 2.86. The van der Waals surface area contributed by atoms with Gasteiger partial charge in [-0.15, -0.1) is 0 Å². The molecular weight excluding hydrogens is 295 g/mol. The maximum absolute atomic E-state index is 6.06. The SMILES string of the molecule is Clc1cccc(/C=N/Nc2nc3ccccc3[nH]2)c1Cl. The first kappa shape index (κ1) is 13.0. The third-order valence-corrected chi connectivity index (χ3v) is 3.58. The number of aromatic amines is 1. The Morgan fingerprint density at radius 2 is 1.95 bits per heavy atom. The molecule has 1 heterocycles. The van der Waals surface area contributed by atoms with Gasteiger partial charge >= 0.3 is 0 Å². The topological polar surface area (TPSA) is 53.1 Å². The number of halogens is 2. The summed E-state index contributed by atoms with van der Waals surface area (Å²) in [6.07, 6.45) is 1.60. The number of aromatic nitrogens is 2. The van der Waals surface area contributed by atoms with Gasteiger partial charge in [0.05, 0.1) is 27.3 Å². The number of imidazole rings is 1. The molecule has 0 saturated heterocycles. The fraction of sp³-hybridized carbons (Fsp3) is 0. The van der Waals surface area contributed by atoms with Crippen LogP contribution in [0.3, 0.4) is 0 Å². The molecule has 0 radical (unpaired) electrons. The second-order valence-electron chi connectivity index (χ2n) is 4.12. The number of hydrogen-bond acceptors (Lipinski definition) is 3. The lowest BCUT2D eigenvalue weighted by atomic mass is 10.2. The number of nitrogens with one attached hydrogen (secondary N) is 2. The summed E-state index contributed by atoms with van der Waals surface area (Å²) in [7, 11) is 0. The molecule has 1 aromatic heterocycles. The van der Waals surface area contributed by atoms with Crippen LogP contribution in [-0.2, 0) is 0 Å². The van der Waals surface area contributed by atoms with Crippen molar-refractivity contribution < 1.29 is 0 Å². The summed E-state index contributed by atoms with van der Waals surface area (Å²) in [6.45, 7) is 0. The summed E-state index contributed by atoms with van der Waals surface area (Å²) < 4.78 is 0. The normalized spacial score (nSPS) is 11.3. The van der Waals surface area contributed by atoms with Crippen LogP contribution in [0.2, 0.25) is 10.0 Å². The number of para-hydroxylation sites is 2. The van der Waals surface area contributed by atoms with Crippen LogP contribution in [0.15, 0.2) is 47.6 Å². The molecule has 2 N–H and O–H groups in total. The van der Waals surface area contributed by atoms with E-state index in [1.165, 1.54) is 0 Å². The fourth-order valence-electron chi connectivity index (χ4n) is 1.79. The van der Waals surface area contributed by atoms with Gasteiger partial charge in [-0.3, -0.25) is 0 Å². The maximum Gasteiger partial charge on any atom is 0.222 e. The number of anilines is 1. The Kier molecular flexibility index (Phi) is 3.58. The fourth-order valence-corrected chi connectivity index (χ4v) is 2.15. The van der Waals surface area contributed by atoms with Crippen LogP contribution in [0.5, 0.6) is 0 Å². The number of H-pyrrole nitrogens is 1. The van der Waals surface area contributed by atoms with E-state index in [4.69, 9.17) is 23.2 Å². The van der Waals surface area contributed by atoms with Gasteiger partial charge in [-0.05, 0) is 18.2 Å². The zero-order valence-corrected chi connectivity index (χ0v) is 11.8. The number of hydrazone groups is 1. The van der Waals surface area contributed by atoms with Gasteiger partial charge in [0, 0.05) is 5.56 Å². The lowest BCUT2D eigenvalue weighted by Crippen LogP contribution is -1.93. The van der Waals surface area contributed by atoms with E-state index in [0.29, 0.717) is 16.0 Å². The zero-order valence-electron chi connectivity index (χ0n) is 10.3. The summed E-state index contributed by atoms with van der Waals surface area (Å²) in [6, 6.07) is 13.1. The summed E-state index contributed by atoms with van der Waals surface area (Å²) in [5, 5.41) is 5.07. The highest BCUT2D eigenvalue weighted by Crippen LogP contribution is 2.24.